The van der Waals surface area contributed by atoms with Gasteiger partial charge in [0.2, 0.25) is 0 Å². The Morgan fingerprint density at radius 1 is 1.07 bits per heavy atom. The van der Waals surface area contributed by atoms with Gasteiger partial charge in [-0.15, -0.1) is 0 Å². The van der Waals surface area contributed by atoms with E-state index in [1.165, 1.54) is 44.9 Å². The van der Waals surface area contributed by atoms with Crippen LogP contribution in [-0.4, -0.2) is 22.4 Å². The first kappa shape index (κ1) is 9.00. The van der Waals surface area contributed by atoms with Crippen molar-refractivity contribution in [1.29, 1.82) is 0 Å². The zero-order valence-corrected chi connectivity index (χ0v) is 9.24. The van der Waals surface area contributed by atoms with Crippen molar-refractivity contribution in [2.24, 2.45) is 11.8 Å². The zero-order valence-electron chi connectivity index (χ0n) is 9.24. The van der Waals surface area contributed by atoms with Crippen molar-refractivity contribution in [2.45, 2.75) is 68.7 Å². The summed E-state index contributed by atoms with van der Waals surface area (Å²) in [5.74, 6) is 1.03. The van der Waals surface area contributed by atoms with Gasteiger partial charge in [0.25, 0.3) is 0 Å². The lowest BCUT2D eigenvalue weighted by Crippen LogP contribution is -2.53. The van der Waals surface area contributed by atoms with E-state index in [0.717, 1.165) is 6.42 Å². The topological polar surface area (TPSA) is 32.8 Å². The van der Waals surface area contributed by atoms with Gasteiger partial charge < -0.3 is 9.84 Å². The number of epoxide rings is 1. The maximum Gasteiger partial charge on any atom is 0.103 e. The van der Waals surface area contributed by atoms with Crippen LogP contribution in [-0.2, 0) is 4.74 Å². The Bertz CT molecular complexity index is 303. The third kappa shape index (κ3) is 0.898. The molecule has 15 heavy (non-hydrogen) atoms. The number of hydrogen-bond acceptors (Lipinski definition) is 2. The van der Waals surface area contributed by atoms with Crippen LogP contribution in [0.3, 0.4) is 0 Å². The zero-order chi connectivity index (χ0) is 10.1. The molecule has 0 unspecified atom stereocenters. The Kier molecular flexibility index (Phi) is 1.56. The molecule has 2 bridgehead atoms. The quantitative estimate of drug-likeness (QED) is 0.619. The van der Waals surface area contributed by atoms with Crippen LogP contribution in [0.1, 0.15) is 51.4 Å². The minimum Gasteiger partial charge on any atom is -0.392 e. The van der Waals surface area contributed by atoms with Gasteiger partial charge in [0.05, 0.1) is 11.7 Å². The van der Waals surface area contributed by atoms with Crippen LogP contribution in [0.15, 0.2) is 0 Å². The molecule has 84 valence electrons. The lowest BCUT2D eigenvalue weighted by atomic mass is 9.57. The van der Waals surface area contributed by atoms with E-state index in [4.69, 9.17) is 4.74 Å². The third-order valence-corrected chi connectivity index (χ3v) is 5.66. The lowest BCUT2D eigenvalue weighted by molar-refractivity contribution is -0.0447. The highest BCUT2D eigenvalue weighted by Crippen LogP contribution is 2.70. The number of hydrogen-bond donors (Lipinski definition) is 1. The molecular formula is C13H20O2. The summed E-state index contributed by atoms with van der Waals surface area (Å²) in [4.78, 5) is 0. The van der Waals surface area contributed by atoms with Crippen LogP contribution < -0.4 is 0 Å². The molecule has 0 spiro atoms. The molecule has 0 aromatic rings. The smallest absolute Gasteiger partial charge is 0.103 e. The Labute approximate surface area is 91.0 Å². The van der Waals surface area contributed by atoms with Crippen LogP contribution in [0.2, 0.25) is 0 Å². The Hall–Kier alpha value is -0.0800. The molecular weight excluding hydrogens is 188 g/mol. The highest BCUT2D eigenvalue weighted by Gasteiger charge is 2.77. The van der Waals surface area contributed by atoms with Crippen LogP contribution in [0.25, 0.3) is 0 Å². The molecule has 0 aromatic carbocycles. The van der Waals surface area contributed by atoms with Crippen LogP contribution in [0.4, 0.5) is 0 Å². The van der Waals surface area contributed by atoms with Gasteiger partial charge in [0.15, 0.2) is 0 Å². The van der Waals surface area contributed by atoms with Gasteiger partial charge in [-0.25, -0.2) is 0 Å². The molecule has 0 radical (unpaired) electrons. The van der Waals surface area contributed by atoms with Crippen molar-refractivity contribution in [3.8, 4) is 0 Å². The number of aliphatic hydroxyl groups excluding tert-OH is 1. The Morgan fingerprint density at radius 3 is 2.87 bits per heavy atom. The van der Waals surface area contributed by atoms with Crippen LogP contribution in [0.5, 0.6) is 0 Å². The summed E-state index contributed by atoms with van der Waals surface area (Å²) in [7, 11) is 0. The number of aliphatic hydroxyl groups is 1. The van der Waals surface area contributed by atoms with Crippen molar-refractivity contribution in [2.75, 3.05) is 0 Å². The lowest BCUT2D eigenvalue weighted by Gasteiger charge is -2.46. The summed E-state index contributed by atoms with van der Waals surface area (Å²) >= 11 is 0. The first-order valence-electron chi connectivity index (χ1n) is 6.66. The fourth-order valence-corrected chi connectivity index (χ4v) is 5.00. The fourth-order valence-electron chi connectivity index (χ4n) is 5.00. The second-order valence-corrected chi connectivity index (χ2v) is 6.19. The van der Waals surface area contributed by atoms with E-state index in [9.17, 15) is 5.11 Å². The average Bonchev–Trinajstić information content (AvgIpc) is 2.88. The molecule has 1 saturated heterocycles. The molecule has 3 aliphatic carbocycles. The molecule has 5 atom stereocenters. The van der Waals surface area contributed by atoms with E-state index in [1.807, 2.05) is 0 Å². The summed E-state index contributed by atoms with van der Waals surface area (Å²) in [6.45, 7) is 0. The molecule has 4 aliphatic rings. The molecule has 4 rings (SSSR count). The van der Waals surface area contributed by atoms with Gasteiger partial charge in [-0.3, -0.25) is 0 Å². The Balaban J connectivity index is 1.74. The maximum absolute atomic E-state index is 10.3. The van der Waals surface area contributed by atoms with Crippen molar-refractivity contribution in [3.63, 3.8) is 0 Å². The van der Waals surface area contributed by atoms with E-state index in [2.05, 4.69) is 0 Å². The van der Waals surface area contributed by atoms with Crippen molar-refractivity contribution >= 4 is 0 Å². The van der Waals surface area contributed by atoms with Gasteiger partial charge in [0.1, 0.15) is 5.60 Å². The minimum absolute atomic E-state index is 0.0486. The van der Waals surface area contributed by atoms with E-state index < -0.39 is 0 Å². The SMILES string of the molecule is O[C@H]1[C@@H]2CCC[C@H]1[C@]13CCCC[C@@]1(C2)O3. The highest BCUT2D eigenvalue weighted by atomic mass is 16.6. The summed E-state index contributed by atoms with van der Waals surface area (Å²) in [5, 5.41) is 10.3. The predicted octanol–water partition coefficient (Wildman–Crippen LogP) is 2.25. The highest BCUT2D eigenvalue weighted by molar-refractivity contribution is 5.25. The van der Waals surface area contributed by atoms with Gasteiger partial charge in [-0.05, 0) is 38.0 Å². The molecule has 1 N–H and O–H groups in total. The Morgan fingerprint density at radius 2 is 1.93 bits per heavy atom. The van der Waals surface area contributed by atoms with Crippen LogP contribution >= 0.6 is 0 Å². The number of ether oxygens (including phenoxy) is 1. The largest absolute Gasteiger partial charge is 0.392 e. The van der Waals surface area contributed by atoms with E-state index >= 15 is 0 Å². The van der Waals surface area contributed by atoms with Gasteiger partial charge in [-0.2, -0.15) is 0 Å². The minimum atomic E-state index is -0.0486. The number of rotatable bonds is 0. The number of fused-ring (bicyclic) bond motifs is 2. The van der Waals surface area contributed by atoms with Crippen molar-refractivity contribution in [3.05, 3.63) is 0 Å². The average molecular weight is 208 g/mol. The first-order valence-corrected chi connectivity index (χ1v) is 6.66. The summed E-state index contributed by atoms with van der Waals surface area (Å²) in [6.07, 6.45) is 10.0. The van der Waals surface area contributed by atoms with Crippen LogP contribution in [0, 0.1) is 11.8 Å². The summed E-state index contributed by atoms with van der Waals surface area (Å²) < 4.78 is 6.24. The van der Waals surface area contributed by atoms with E-state index in [0.29, 0.717) is 11.8 Å². The fraction of sp³-hybridized carbons (Fsp3) is 1.00. The molecule has 0 aromatic heterocycles. The summed E-state index contributed by atoms with van der Waals surface area (Å²) in [6, 6.07) is 0. The second-order valence-electron chi connectivity index (χ2n) is 6.19. The molecule has 4 fully saturated rings. The third-order valence-electron chi connectivity index (χ3n) is 5.66. The van der Waals surface area contributed by atoms with Gasteiger partial charge in [-0.1, -0.05) is 19.3 Å². The molecule has 2 heteroatoms. The monoisotopic (exact) mass is 208 g/mol. The molecule has 2 nitrogen and oxygen atoms in total. The van der Waals surface area contributed by atoms with Gasteiger partial charge in [0, 0.05) is 5.92 Å². The maximum atomic E-state index is 10.3. The van der Waals surface area contributed by atoms with Crippen molar-refractivity contribution in [1.82, 2.24) is 0 Å². The normalized spacial score (nSPS) is 61.8. The predicted molar refractivity (Wildman–Crippen MR) is 56.5 cm³/mol. The van der Waals surface area contributed by atoms with E-state index in [1.54, 1.807) is 0 Å². The standard InChI is InChI=1S/C13H20O2/c14-11-9-4-3-5-10(11)13-7-2-1-6-12(13,8-9)15-13/h9-11,14H,1-8H2/t9-,10-,11+,12+,13-/m1/s1. The van der Waals surface area contributed by atoms with Gasteiger partial charge >= 0.3 is 0 Å². The first-order chi connectivity index (χ1) is 7.28. The molecule has 1 heterocycles. The molecule has 1 aliphatic heterocycles. The second kappa shape index (κ2) is 2.60. The van der Waals surface area contributed by atoms with Crippen molar-refractivity contribution < 1.29 is 9.84 Å². The van der Waals surface area contributed by atoms with E-state index in [-0.39, 0.29) is 17.3 Å². The molecule has 3 saturated carbocycles. The summed E-state index contributed by atoms with van der Waals surface area (Å²) in [5.41, 5.74) is 0.377. The molecule has 0 amide bonds.